The predicted octanol–water partition coefficient (Wildman–Crippen LogP) is 5.51. The standard InChI is InChI=1S/C29H30O6/c1-5-16-12-18(7-3)25(22(30)14-16)29(26-19(8-4)13-17(6-2)15-23(26)31)21-11-9-10-20(27(32)33)24(21)28(34)35-29/h9-15,30-31H,5-8H2,1-4H3,(H,32,33). The van der Waals surface area contributed by atoms with Crippen LogP contribution in [0.3, 0.4) is 0 Å². The van der Waals surface area contributed by atoms with Gasteiger partial charge in [-0.3, -0.25) is 0 Å². The summed E-state index contributed by atoms with van der Waals surface area (Å²) in [6, 6.07) is 11.8. The van der Waals surface area contributed by atoms with Crippen LogP contribution in [0.4, 0.5) is 0 Å². The second-order valence-corrected chi connectivity index (χ2v) is 8.82. The van der Waals surface area contributed by atoms with Gasteiger partial charge in [-0.25, -0.2) is 9.59 Å². The first-order chi connectivity index (χ1) is 16.7. The first-order valence-electron chi connectivity index (χ1n) is 12.0. The molecule has 0 aromatic heterocycles. The minimum absolute atomic E-state index is 0.0661. The highest BCUT2D eigenvalue weighted by Crippen LogP contribution is 2.55. The molecule has 0 atom stereocenters. The number of hydrogen-bond donors (Lipinski definition) is 3. The number of rotatable bonds is 7. The topological polar surface area (TPSA) is 104 Å². The van der Waals surface area contributed by atoms with Crippen LogP contribution in [0.1, 0.15) is 87.4 Å². The number of carboxylic acid groups (broad SMARTS) is 1. The van der Waals surface area contributed by atoms with Crippen LogP contribution in [0.2, 0.25) is 0 Å². The molecule has 0 saturated carbocycles. The average Bonchev–Trinajstić information content (AvgIpc) is 3.14. The number of benzene rings is 3. The Hall–Kier alpha value is -3.80. The van der Waals surface area contributed by atoms with E-state index in [-0.39, 0.29) is 22.6 Å². The van der Waals surface area contributed by atoms with Crippen LogP contribution in [0.25, 0.3) is 0 Å². The molecule has 0 aliphatic carbocycles. The number of aryl methyl sites for hydroxylation is 4. The molecule has 1 aliphatic rings. The summed E-state index contributed by atoms with van der Waals surface area (Å²) in [7, 11) is 0. The summed E-state index contributed by atoms with van der Waals surface area (Å²) in [5, 5.41) is 32.6. The van der Waals surface area contributed by atoms with Crippen molar-refractivity contribution in [3.63, 3.8) is 0 Å². The van der Waals surface area contributed by atoms with Crippen LogP contribution >= 0.6 is 0 Å². The molecule has 6 nitrogen and oxygen atoms in total. The monoisotopic (exact) mass is 474 g/mol. The SMILES string of the molecule is CCc1cc(O)c(C2(c3c(O)cc(CC)cc3CC)OC(=O)c3c(C(=O)O)cccc32)c(CC)c1. The van der Waals surface area contributed by atoms with Gasteiger partial charge in [-0.1, -0.05) is 52.0 Å². The van der Waals surface area contributed by atoms with Crippen molar-refractivity contribution in [1.29, 1.82) is 0 Å². The van der Waals surface area contributed by atoms with Crippen molar-refractivity contribution in [2.75, 3.05) is 0 Å². The third-order valence-electron chi connectivity index (χ3n) is 6.92. The Morgan fingerprint density at radius 1 is 0.829 bits per heavy atom. The Bertz CT molecular complexity index is 1280. The molecular weight excluding hydrogens is 444 g/mol. The van der Waals surface area contributed by atoms with Crippen molar-refractivity contribution < 1.29 is 29.6 Å². The Labute approximate surface area is 204 Å². The Morgan fingerprint density at radius 3 is 1.77 bits per heavy atom. The van der Waals surface area contributed by atoms with E-state index in [1.54, 1.807) is 24.3 Å². The molecule has 4 rings (SSSR count). The maximum atomic E-state index is 13.4. The molecule has 3 N–H and O–H groups in total. The molecule has 1 aliphatic heterocycles. The van der Waals surface area contributed by atoms with Gasteiger partial charge in [0.25, 0.3) is 0 Å². The van der Waals surface area contributed by atoms with Crippen molar-refractivity contribution in [3.8, 4) is 11.5 Å². The lowest BCUT2D eigenvalue weighted by Gasteiger charge is -2.35. The summed E-state index contributed by atoms with van der Waals surface area (Å²) in [6.07, 6.45) is 2.45. The molecule has 35 heavy (non-hydrogen) atoms. The number of aromatic hydroxyl groups is 2. The number of carbonyl (C=O) groups is 2. The van der Waals surface area contributed by atoms with Crippen molar-refractivity contribution >= 4 is 11.9 Å². The number of hydrogen-bond acceptors (Lipinski definition) is 5. The number of esters is 1. The predicted molar refractivity (Wildman–Crippen MR) is 132 cm³/mol. The zero-order chi connectivity index (χ0) is 25.5. The van der Waals surface area contributed by atoms with Crippen LogP contribution in [-0.4, -0.2) is 27.3 Å². The molecule has 3 aromatic carbocycles. The fraction of sp³-hybridized carbons (Fsp3) is 0.310. The number of phenols is 2. The van der Waals surface area contributed by atoms with E-state index in [2.05, 4.69) is 0 Å². The van der Waals surface area contributed by atoms with Gasteiger partial charge < -0.3 is 20.1 Å². The third-order valence-corrected chi connectivity index (χ3v) is 6.92. The first-order valence-corrected chi connectivity index (χ1v) is 12.0. The second-order valence-electron chi connectivity index (χ2n) is 8.82. The van der Waals surface area contributed by atoms with Gasteiger partial charge in [-0.2, -0.15) is 0 Å². The molecule has 182 valence electrons. The van der Waals surface area contributed by atoms with Crippen molar-refractivity contribution in [1.82, 2.24) is 0 Å². The lowest BCUT2D eigenvalue weighted by atomic mass is 9.73. The van der Waals surface area contributed by atoms with E-state index in [9.17, 15) is 24.9 Å². The summed E-state index contributed by atoms with van der Waals surface area (Å²) in [5.74, 6) is -2.19. The van der Waals surface area contributed by atoms with Gasteiger partial charge in [0.2, 0.25) is 0 Å². The number of phenolic OH excluding ortho intramolecular Hbond substituents is 2. The number of carbonyl (C=O) groups excluding carboxylic acids is 1. The number of fused-ring (bicyclic) bond motifs is 1. The highest BCUT2D eigenvalue weighted by Gasteiger charge is 2.54. The van der Waals surface area contributed by atoms with E-state index in [0.29, 0.717) is 42.4 Å². The van der Waals surface area contributed by atoms with Crippen LogP contribution in [0.15, 0.2) is 42.5 Å². The molecule has 0 fully saturated rings. The van der Waals surface area contributed by atoms with E-state index < -0.39 is 17.5 Å². The van der Waals surface area contributed by atoms with E-state index >= 15 is 0 Å². The quantitative estimate of drug-likeness (QED) is 0.390. The molecule has 0 radical (unpaired) electrons. The van der Waals surface area contributed by atoms with Crippen molar-refractivity contribution in [2.45, 2.75) is 59.0 Å². The van der Waals surface area contributed by atoms with E-state index in [1.165, 1.54) is 6.07 Å². The van der Waals surface area contributed by atoms with Crippen molar-refractivity contribution in [3.05, 3.63) is 92.5 Å². The molecule has 0 bridgehead atoms. The number of cyclic esters (lactones) is 1. The highest BCUT2D eigenvalue weighted by molar-refractivity contribution is 6.06. The summed E-state index contributed by atoms with van der Waals surface area (Å²) >= 11 is 0. The molecule has 0 unspecified atom stereocenters. The molecule has 3 aromatic rings. The number of aromatic carboxylic acids is 1. The fourth-order valence-corrected chi connectivity index (χ4v) is 5.26. The number of carboxylic acids is 1. The lowest BCUT2D eigenvalue weighted by molar-refractivity contribution is 0.0232. The normalized spacial score (nSPS) is 14.0. The van der Waals surface area contributed by atoms with Crippen molar-refractivity contribution in [2.24, 2.45) is 0 Å². The zero-order valence-electron chi connectivity index (χ0n) is 20.4. The Morgan fingerprint density at radius 2 is 1.34 bits per heavy atom. The van der Waals surface area contributed by atoms with Crippen LogP contribution in [0, 0.1) is 0 Å². The summed E-state index contributed by atoms with van der Waals surface area (Å²) in [5.41, 5.74) is 2.39. The second kappa shape index (κ2) is 9.10. The van der Waals surface area contributed by atoms with E-state index in [0.717, 1.165) is 22.3 Å². The maximum absolute atomic E-state index is 13.4. The minimum atomic E-state index is -1.71. The summed E-state index contributed by atoms with van der Waals surface area (Å²) in [6.45, 7) is 7.85. The Kier molecular flexibility index (Phi) is 6.32. The molecule has 1 heterocycles. The summed E-state index contributed by atoms with van der Waals surface area (Å²) < 4.78 is 6.15. The van der Waals surface area contributed by atoms with Crippen LogP contribution in [-0.2, 0) is 36.0 Å². The molecule has 0 saturated heterocycles. The molecular formula is C29H30O6. The van der Waals surface area contributed by atoms with Crippen LogP contribution in [0.5, 0.6) is 11.5 Å². The largest absolute Gasteiger partial charge is 0.507 e. The fourth-order valence-electron chi connectivity index (χ4n) is 5.26. The molecule has 0 spiro atoms. The van der Waals surface area contributed by atoms with Gasteiger partial charge >= 0.3 is 11.9 Å². The molecule has 0 amide bonds. The van der Waals surface area contributed by atoms with Gasteiger partial charge in [-0.15, -0.1) is 0 Å². The summed E-state index contributed by atoms with van der Waals surface area (Å²) in [4.78, 5) is 25.4. The van der Waals surface area contributed by atoms with Gasteiger partial charge in [-0.05, 0) is 66.1 Å². The van der Waals surface area contributed by atoms with Gasteiger partial charge in [0, 0.05) is 16.7 Å². The molecule has 6 heteroatoms. The average molecular weight is 475 g/mol. The van der Waals surface area contributed by atoms with Gasteiger partial charge in [0.1, 0.15) is 11.5 Å². The lowest BCUT2D eigenvalue weighted by Crippen LogP contribution is -2.32. The third kappa shape index (κ3) is 3.64. The highest BCUT2D eigenvalue weighted by atomic mass is 16.6. The van der Waals surface area contributed by atoms with E-state index in [1.807, 2.05) is 39.8 Å². The van der Waals surface area contributed by atoms with Gasteiger partial charge in [0.15, 0.2) is 5.60 Å². The minimum Gasteiger partial charge on any atom is -0.507 e. The van der Waals surface area contributed by atoms with E-state index in [4.69, 9.17) is 4.74 Å². The maximum Gasteiger partial charge on any atom is 0.341 e. The van der Waals surface area contributed by atoms with Crippen LogP contribution < -0.4 is 0 Å². The number of ether oxygens (including phenoxy) is 1. The smallest absolute Gasteiger partial charge is 0.341 e. The first kappa shape index (κ1) is 24.3. The Balaban J connectivity index is 2.24. The van der Waals surface area contributed by atoms with Gasteiger partial charge in [0.05, 0.1) is 11.1 Å². The zero-order valence-corrected chi connectivity index (χ0v) is 20.4.